The molecule has 6 heteroatoms. The van der Waals surface area contributed by atoms with Crippen LogP contribution in [0.3, 0.4) is 0 Å². The molecule has 0 saturated heterocycles. The van der Waals surface area contributed by atoms with Gasteiger partial charge in [0, 0.05) is 6.08 Å². The van der Waals surface area contributed by atoms with E-state index in [4.69, 9.17) is 10.4 Å². The van der Waals surface area contributed by atoms with Crippen LogP contribution in [0.1, 0.15) is 11.1 Å². The van der Waals surface area contributed by atoms with E-state index in [0.29, 0.717) is 0 Å². The molecule has 0 atom stereocenters. The normalized spacial score (nSPS) is 12.0. The molecule has 0 aliphatic carbocycles. The van der Waals surface area contributed by atoms with E-state index in [1.54, 1.807) is 6.07 Å². The summed E-state index contributed by atoms with van der Waals surface area (Å²) < 4.78 is 37.8. The third-order valence-electron chi connectivity index (χ3n) is 1.88. The van der Waals surface area contributed by atoms with Crippen LogP contribution < -0.4 is 0 Å². The van der Waals surface area contributed by atoms with Crippen molar-refractivity contribution in [1.29, 1.82) is 5.26 Å². The largest absolute Gasteiger partial charge is 0.478 e. The van der Waals surface area contributed by atoms with E-state index in [2.05, 4.69) is 0 Å². The number of benzene rings is 1. The number of alkyl halides is 3. The van der Waals surface area contributed by atoms with E-state index < -0.39 is 17.7 Å². The molecule has 1 aromatic carbocycles. The molecular formula is C11H6F3NO2. The second kappa shape index (κ2) is 4.70. The molecule has 0 spiro atoms. The van der Waals surface area contributed by atoms with Crippen molar-refractivity contribution in [2.75, 3.05) is 0 Å². The monoisotopic (exact) mass is 241 g/mol. The molecule has 0 fully saturated rings. The molecule has 0 aliphatic heterocycles. The van der Waals surface area contributed by atoms with E-state index in [1.165, 1.54) is 12.1 Å². The highest BCUT2D eigenvalue weighted by Crippen LogP contribution is 2.33. The quantitative estimate of drug-likeness (QED) is 0.809. The first kappa shape index (κ1) is 12.8. The first-order valence-electron chi connectivity index (χ1n) is 4.37. The van der Waals surface area contributed by atoms with Crippen LogP contribution >= 0.6 is 0 Å². The number of nitriles is 1. The van der Waals surface area contributed by atoms with Gasteiger partial charge in [-0.25, -0.2) is 4.79 Å². The maximum atomic E-state index is 12.6. The molecular weight excluding hydrogens is 235 g/mol. The van der Waals surface area contributed by atoms with Crippen molar-refractivity contribution in [1.82, 2.24) is 0 Å². The smallest absolute Gasteiger partial charge is 0.417 e. The standard InChI is InChI=1S/C11H6F3NO2/c12-11(13,14)9(5-10(16)17)8-3-1-2-7(4-8)6-15/h1-5H,(H,16,17)/b9-5+. The van der Waals surface area contributed by atoms with Gasteiger partial charge in [-0.3, -0.25) is 0 Å². The Hall–Kier alpha value is -2.29. The molecule has 0 amide bonds. The van der Waals surface area contributed by atoms with E-state index in [1.807, 2.05) is 0 Å². The van der Waals surface area contributed by atoms with Crippen LogP contribution in [0.5, 0.6) is 0 Å². The van der Waals surface area contributed by atoms with Crippen molar-refractivity contribution in [2.45, 2.75) is 6.18 Å². The molecule has 88 valence electrons. The van der Waals surface area contributed by atoms with Gasteiger partial charge < -0.3 is 5.11 Å². The first-order valence-corrected chi connectivity index (χ1v) is 4.37. The Balaban J connectivity index is 3.34. The lowest BCUT2D eigenvalue weighted by atomic mass is 10.0. The lowest BCUT2D eigenvalue weighted by Gasteiger charge is -2.11. The van der Waals surface area contributed by atoms with Gasteiger partial charge in [0.25, 0.3) is 0 Å². The number of hydrogen-bond acceptors (Lipinski definition) is 2. The minimum atomic E-state index is -4.79. The van der Waals surface area contributed by atoms with E-state index >= 15 is 0 Å². The number of halogens is 3. The molecule has 3 nitrogen and oxygen atoms in total. The number of aliphatic carboxylic acids is 1. The van der Waals surface area contributed by atoms with Crippen molar-refractivity contribution >= 4 is 11.5 Å². The van der Waals surface area contributed by atoms with Gasteiger partial charge in [-0.1, -0.05) is 12.1 Å². The van der Waals surface area contributed by atoms with Gasteiger partial charge in [0.05, 0.1) is 17.2 Å². The van der Waals surface area contributed by atoms with Gasteiger partial charge in [-0.15, -0.1) is 0 Å². The van der Waals surface area contributed by atoms with Crippen molar-refractivity contribution in [3.8, 4) is 6.07 Å². The minimum absolute atomic E-state index is 0.0306. The SMILES string of the molecule is N#Cc1cccc(/C(=C\C(=O)O)C(F)(F)F)c1. The topological polar surface area (TPSA) is 61.1 Å². The number of allylic oxidation sites excluding steroid dienone is 1. The zero-order chi connectivity index (χ0) is 13.1. The summed E-state index contributed by atoms with van der Waals surface area (Å²) in [5.74, 6) is -1.69. The maximum absolute atomic E-state index is 12.6. The lowest BCUT2D eigenvalue weighted by Crippen LogP contribution is -2.12. The van der Waals surface area contributed by atoms with E-state index in [0.717, 1.165) is 12.1 Å². The molecule has 17 heavy (non-hydrogen) atoms. The maximum Gasteiger partial charge on any atom is 0.417 e. The Morgan fingerprint density at radius 1 is 1.41 bits per heavy atom. The van der Waals surface area contributed by atoms with Gasteiger partial charge in [-0.2, -0.15) is 18.4 Å². The van der Waals surface area contributed by atoms with Crippen LogP contribution in [-0.4, -0.2) is 17.3 Å². The van der Waals surface area contributed by atoms with Crippen molar-refractivity contribution in [3.63, 3.8) is 0 Å². The molecule has 1 rings (SSSR count). The summed E-state index contributed by atoms with van der Waals surface area (Å²) in [6.45, 7) is 0. The summed E-state index contributed by atoms with van der Waals surface area (Å²) in [5.41, 5.74) is -1.61. The number of rotatable bonds is 2. The van der Waals surface area contributed by atoms with Crippen LogP contribution in [-0.2, 0) is 4.79 Å². The number of carbonyl (C=O) groups is 1. The average Bonchev–Trinajstić information content (AvgIpc) is 2.24. The first-order chi connectivity index (χ1) is 7.84. The van der Waals surface area contributed by atoms with E-state index in [-0.39, 0.29) is 17.2 Å². The fraction of sp³-hybridized carbons (Fsp3) is 0.0909. The molecule has 0 aromatic heterocycles. The lowest BCUT2D eigenvalue weighted by molar-refractivity contribution is -0.131. The fourth-order valence-electron chi connectivity index (χ4n) is 1.21. The van der Waals surface area contributed by atoms with Crippen LogP contribution in [0, 0.1) is 11.3 Å². The Kier molecular flexibility index (Phi) is 3.53. The Morgan fingerprint density at radius 3 is 2.53 bits per heavy atom. The summed E-state index contributed by atoms with van der Waals surface area (Å²) in [7, 11) is 0. The third kappa shape index (κ3) is 3.34. The zero-order valence-electron chi connectivity index (χ0n) is 8.32. The third-order valence-corrected chi connectivity index (χ3v) is 1.88. The van der Waals surface area contributed by atoms with Gasteiger partial charge in [0.1, 0.15) is 0 Å². The van der Waals surface area contributed by atoms with Crippen molar-refractivity contribution < 1.29 is 23.1 Å². The molecule has 0 aliphatic rings. The Bertz CT molecular complexity index is 512. The molecule has 0 unspecified atom stereocenters. The van der Waals surface area contributed by atoms with Gasteiger partial charge >= 0.3 is 12.1 Å². The highest BCUT2D eigenvalue weighted by Gasteiger charge is 2.35. The summed E-state index contributed by atoms with van der Waals surface area (Å²) >= 11 is 0. The van der Waals surface area contributed by atoms with Crippen molar-refractivity contribution in [2.24, 2.45) is 0 Å². The number of carboxylic acid groups (broad SMARTS) is 1. The molecule has 0 radical (unpaired) electrons. The van der Waals surface area contributed by atoms with E-state index in [9.17, 15) is 18.0 Å². The molecule has 0 saturated carbocycles. The Labute approximate surface area is 94.4 Å². The minimum Gasteiger partial charge on any atom is -0.478 e. The predicted molar refractivity (Wildman–Crippen MR) is 52.8 cm³/mol. The fourth-order valence-corrected chi connectivity index (χ4v) is 1.21. The number of carboxylic acids is 1. The predicted octanol–water partition coefficient (Wildman–Crippen LogP) is 2.59. The highest BCUT2D eigenvalue weighted by molar-refractivity contribution is 5.91. The molecule has 1 aromatic rings. The highest BCUT2D eigenvalue weighted by atomic mass is 19.4. The van der Waals surface area contributed by atoms with Crippen LogP contribution in [0.15, 0.2) is 30.3 Å². The number of hydrogen-bond donors (Lipinski definition) is 1. The van der Waals surface area contributed by atoms with Crippen LogP contribution in [0.25, 0.3) is 5.57 Å². The summed E-state index contributed by atoms with van der Waals surface area (Å²) in [6, 6.07) is 6.36. The molecule has 0 heterocycles. The second-order valence-corrected chi connectivity index (χ2v) is 3.09. The average molecular weight is 241 g/mol. The second-order valence-electron chi connectivity index (χ2n) is 3.09. The zero-order valence-corrected chi connectivity index (χ0v) is 8.32. The van der Waals surface area contributed by atoms with Crippen LogP contribution in [0.2, 0.25) is 0 Å². The summed E-state index contributed by atoms with van der Waals surface area (Å²) in [6.07, 6.45) is -4.71. The number of nitrogens with zero attached hydrogens (tertiary/aromatic N) is 1. The van der Waals surface area contributed by atoms with Crippen LogP contribution in [0.4, 0.5) is 13.2 Å². The summed E-state index contributed by atoms with van der Waals surface area (Å²) in [4.78, 5) is 10.3. The molecule has 1 N–H and O–H groups in total. The summed E-state index contributed by atoms with van der Waals surface area (Å²) in [5, 5.41) is 17.0. The van der Waals surface area contributed by atoms with Gasteiger partial charge in [0.15, 0.2) is 0 Å². The van der Waals surface area contributed by atoms with Gasteiger partial charge in [0.2, 0.25) is 0 Å². The van der Waals surface area contributed by atoms with Crippen molar-refractivity contribution in [3.05, 3.63) is 41.5 Å². The Morgan fingerprint density at radius 2 is 2.06 bits per heavy atom. The molecule has 0 bridgehead atoms. The van der Waals surface area contributed by atoms with Gasteiger partial charge in [-0.05, 0) is 17.7 Å².